The lowest BCUT2D eigenvalue weighted by Gasteiger charge is -2.27. The van der Waals surface area contributed by atoms with Gasteiger partial charge in [0.05, 0.1) is 14.2 Å². The number of aryl methyl sites for hydroxylation is 1. The zero-order valence-corrected chi connectivity index (χ0v) is 14.2. The Labute approximate surface area is 137 Å². The Morgan fingerprint density at radius 3 is 2.39 bits per heavy atom. The summed E-state index contributed by atoms with van der Waals surface area (Å²) in [6.07, 6.45) is 1.49. The SMILES string of the molecule is CCC(C)N(CC(=O)O)C(=O)CCc1ccc(OC)c(OC)c1. The predicted octanol–water partition coefficient (Wildman–Crippen LogP) is 2.35. The van der Waals surface area contributed by atoms with Gasteiger partial charge in [-0.3, -0.25) is 9.59 Å². The van der Waals surface area contributed by atoms with E-state index in [0.717, 1.165) is 12.0 Å². The van der Waals surface area contributed by atoms with Crippen molar-refractivity contribution in [2.75, 3.05) is 20.8 Å². The van der Waals surface area contributed by atoms with Gasteiger partial charge in [0.1, 0.15) is 6.54 Å². The van der Waals surface area contributed by atoms with Crippen molar-refractivity contribution in [2.45, 2.75) is 39.2 Å². The van der Waals surface area contributed by atoms with E-state index in [-0.39, 0.29) is 24.9 Å². The molecule has 0 fully saturated rings. The number of aliphatic carboxylic acids is 1. The molecule has 0 aliphatic carbocycles. The minimum Gasteiger partial charge on any atom is -0.493 e. The maximum atomic E-state index is 12.3. The molecule has 1 rings (SSSR count). The van der Waals surface area contributed by atoms with Crippen LogP contribution in [0.5, 0.6) is 11.5 Å². The Kier molecular flexibility index (Phi) is 7.38. The number of nitrogens with zero attached hydrogens (tertiary/aromatic N) is 1. The Bertz CT molecular complexity index is 544. The second-order valence-corrected chi connectivity index (χ2v) is 5.36. The first-order chi connectivity index (χ1) is 10.9. The van der Waals surface area contributed by atoms with E-state index < -0.39 is 5.97 Å². The third-order valence-corrected chi connectivity index (χ3v) is 3.82. The summed E-state index contributed by atoms with van der Waals surface area (Å²) in [5.74, 6) is 0.0951. The number of hydrogen-bond donors (Lipinski definition) is 1. The molecule has 1 unspecified atom stereocenters. The lowest BCUT2D eigenvalue weighted by molar-refractivity contribution is -0.146. The largest absolute Gasteiger partial charge is 0.493 e. The zero-order valence-electron chi connectivity index (χ0n) is 14.2. The number of hydrogen-bond acceptors (Lipinski definition) is 4. The first-order valence-corrected chi connectivity index (χ1v) is 7.65. The highest BCUT2D eigenvalue weighted by Gasteiger charge is 2.21. The van der Waals surface area contributed by atoms with Crippen molar-refractivity contribution >= 4 is 11.9 Å². The zero-order chi connectivity index (χ0) is 17.4. The summed E-state index contributed by atoms with van der Waals surface area (Å²) >= 11 is 0. The molecule has 23 heavy (non-hydrogen) atoms. The highest BCUT2D eigenvalue weighted by Crippen LogP contribution is 2.28. The molecule has 0 aliphatic rings. The van der Waals surface area contributed by atoms with Crippen molar-refractivity contribution < 1.29 is 24.2 Å². The van der Waals surface area contributed by atoms with Gasteiger partial charge in [-0.1, -0.05) is 13.0 Å². The monoisotopic (exact) mass is 323 g/mol. The van der Waals surface area contributed by atoms with Gasteiger partial charge in [0.25, 0.3) is 0 Å². The molecule has 1 atom stereocenters. The van der Waals surface area contributed by atoms with E-state index in [9.17, 15) is 9.59 Å². The van der Waals surface area contributed by atoms with Crippen LogP contribution in [0.15, 0.2) is 18.2 Å². The van der Waals surface area contributed by atoms with Crippen molar-refractivity contribution in [3.63, 3.8) is 0 Å². The average Bonchev–Trinajstić information content (AvgIpc) is 2.56. The van der Waals surface area contributed by atoms with Crippen molar-refractivity contribution in [3.8, 4) is 11.5 Å². The molecule has 0 aromatic heterocycles. The van der Waals surface area contributed by atoms with Crippen LogP contribution in [0.4, 0.5) is 0 Å². The maximum Gasteiger partial charge on any atom is 0.323 e. The summed E-state index contributed by atoms with van der Waals surface area (Å²) in [5.41, 5.74) is 0.940. The Hall–Kier alpha value is -2.24. The van der Waals surface area contributed by atoms with Crippen LogP contribution in [-0.4, -0.2) is 48.7 Å². The quantitative estimate of drug-likeness (QED) is 0.755. The molecule has 0 bridgehead atoms. The maximum absolute atomic E-state index is 12.3. The fourth-order valence-corrected chi connectivity index (χ4v) is 2.29. The number of ether oxygens (including phenoxy) is 2. The van der Waals surface area contributed by atoms with Gasteiger partial charge in [0.15, 0.2) is 11.5 Å². The molecule has 1 aromatic rings. The number of carbonyl (C=O) groups excluding carboxylic acids is 1. The van der Waals surface area contributed by atoms with Gasteiger partial charge < -0.3 is 19.5 Å². The standard InChI is InChI=1S/C17H25NO5/c1-5-12(2)18(11-17(20)21)16(19)9-7-13-6-8-14(22-3)15(10-13)23-4/h6,8,10,12H,5,7,9,11H2,1-4H3,(H,20,21). The lowest BCUT2D eigenvalue weighted by Crippen LogP contribution is -2.41. The number of methoxy groups -OCH3 is 2. The van der Waals surface area contributed by atoms with E-state index in [1.54, 1.807) is 20.3 Å². The Balaban J connectivity index is 2.75. The van der Waals surface area contributed by atoms with Crippen LogP contribution in [0.25, 0.3) is 0 Å². The van der Waals surface area contributed by atoms with Gasteiger partial charge in [-0.15, -0.1) is 0 Å². The number of carboxylic acids is 1. The molecule has 0 aliphatic heterocycles. The normalized spacial score (nSPS) is 11.7. The summed E-state index contributed by atoms with van der Waals surface area (Å²) in [6, 6.07) is 5.41. The molecule has 0 saturated carbocycles. The fraction of sp³-hybridized carbons (Fsp3) is 0.529. The van der Waals surface area contributed by atoms with E-state index in [1.165, 1.54) is 4.90 Å². The van der Waals surface area contributed by atoms with Crippen molar-refractivity contribution in [2.24, 2.45) is 0 Å². The van der Waals surface area contributed by atoms with Crippen molar-refractivity contribution in [3.05, 3.63) is 23.8 Å². The van der Waals surface area contributed by atoms with Crippen LogP contribution in [0.1, 0.15) is 32.3 Å². The van der Waals surface area contributed by atoms with Crippen LogP contribution >= 0.6 is 0 Å². The Morgan fingerprint density at radius 2 is 1.87 bits per heavy atom. The lowest BCUT2D eigenvalue weighted by atomic mass is 10.1. The van der Waals surface area contributed by atoms with E-state index in [1.807, 2.05) is 26.0 Å². The first-order valence-electron chi connectivity index (χ1n) is 7.65. The summed E-state index contributed by atoms with van der Waals surface area (Å²) < 4.78 is 10.4. The first kappa shape index (κ1) is 18.8. The number of benzene rings is 1. The number of carbonyl (C=O) groups is 2. The van der Waals surface area contributed by atoms with Gasteiger partial charge in [-0.25, -0.2) is 0 Å². The molecular formula is C17H25NO5. The Morgan fingerprint density at radius 1 is 1.22 bits per heavy atom. The molecule has 0 heterocycles. The molecular weight excluding hydrogens is 298 g/mol. The smallest absolute Gasteiger partial charge is 0.323 e. The summed E-state index contributed by atoms with van der Waals surface area (Å²) in [4.78, 5) is 24.7. The van der Waals surface area contributed by atoms with Gasteiger partial charge >= 0.3 is 5.97 Å². The molecule has 6 nitrogen and oxygen atoms in total. The second kappa shape index (κ2) is 9.02. The fourth-order valence-electron chi connectivity index (χ4n) is 2.29. The number of amides is 1. The van der Waals surface area contributed by atoms with E-state index in [0.29, 0.717) is 17.9 Å². The summed E-state index contributed by atoms with van der Waals surface area (Å²) in [5, 5.41) is 8.96. The molecule has 0 saturated heterocycles. The molecule has 1 N–H and O–H groups in total. The molecule has 128 valence electrons. The van der Waals surface area contributed by atoms with E-state index in [4.69, 9.17) is 14.6 Å². The molecule has 6 heteroatoms. The van der Waals surface area contributed by atoms with Crippen LogP contribution in [0.2, 0.25) is 0 Å². The number of rotatable bonds is 9. The third kappa shape index (κ3) is 5.47. The van der Waals surface area contributed by atoms with Crippen molar-refractivity contribution in [1.82, 2.24) is 4.90 Å². The third-order valence-electron chi connectivity index (χ3n) is 3.82. The molecule has 1 aromatic carbocycles. The van der Waals surface area contributed by atoms with Crippen LogP contribution in [-0.2, 0) is 16.0 Å². The molecule has 0 radical (unpaired) electrons. The molecule has 0 spiro atoms. The van der Waals surface area contributed by atoms with Gasteiger partial charge in [-0.05, 0) is 37.5 Å². The van der Waals surface area contributed by atoms with E-state index in [2.05, 4.69) is 0 Å². The minimum atomic E-state index is -0.996. The predicted molar refractivity (Wildman–Crippen MR) is 87.0 cm³/mol. The van der Waals surface area contributed by atoms with Gasteiger partial charge in [0.2, 0.25) is 5.91 Å². The van der Waals surface area contributed by atoms with Gasteiger partial charge in [0, 0.05) is 12.5 Å². The average molecular weight is 323 g/mol. The van der Waals surface area contributed by atoms with Gasteiger partial charge in [-0.2, -0.15) is 0 Å². The van der Waals surface area contributed by atoms with Crippen molar-refractivity contribution in [1.29, 1.82) is 0 Å². The molecule has 1 amide bonds. The van der Waals surface area contributed by atoms with Crippen LogP contribution in [0.3, 0.4) is 0 Å². The summed E-state index contributed by atoms with van der Waals surface area (Å²) in [7, 11) is 3.13. The summed E-state index contributed by atoms with van der Waals surface area (Å²) in [6.45, 7) is 3.53. The highest BCUT2D eigenvalue weighted by atomic mass is 16.5. The minimum absolute atomic E-state index is 0.0935. The van der Waals surface area contributed by atoms with E-state index >= 15 is 0 Å². The van der Waals surface area contributed by atoms with Crippen LogP contribution in [0, 0.1) is 0 Å². The number of carboxylic acid groups (broad SMARTS) is 1. The highest BCUT2D eigenvalue weighted by molar-refractivity contribution is 5.81. The topological polar surface area (TPSA) is 76.1 Å². The van der Waals surface area contributed by atoms with Crippen LogP contribution < -0.4 is 9.47 Å². The second-order valence-electron chi connectivity index (χ2n) is 5.36.